The van der Waals surface area contributed by atoms with Gasteiger partial charge in [-0.05, 0) is 43.9 Å². The first-order valence-corrected chi connectivity index (χ1v) is 9.83. The maximum absolute atomic E-state index is 12.6. The molecule has 1 aliphatic rings. The number of aromatic nitrogens is 1. The Kier molecular flexibility index (Phi) is 5.67. The van der Waals surface area contributed by atoms with E-state index in [1.807, 2.05) is 0 Å². The van der Waals surface area contributed by atoms with Crippen molar-refractivity contribution in [2.45, 2.75) is 44.0 Å². The quantitative estimate of drug-likeness (QED) is 0.664. The molecule has 2 aromatic heterocycles. The molecule has 1 amide bonds. The lowest BCUT2D eigenvalue weighted by Crippen LogP contribution is -2.40. The average Bonchev–Trinajstić information content (AvgIpc) is 2.75. The minimum Gasteiger partial charge on any atom is -0.474 e. The van der Waals surface area contributed by atoms with E-state index in [9.17, 15) is 22.8 Å². The van der Waals surface area contributed by atoms with Gasteiger partial charge in [-0.15, -0.1) is 0 Å². The third-order valence-electron chi connectivity index (χ3n) is 5.22. The second-order valence-electron chi connectivity index (χ2n) is 7.42. The zero-order chi connectivity index (χ0) is 22.0. The summed E-state index contributed by atoms with van der Waals surface area (Å²) in [6, 6.07) is 9.91. The second kappa shape index (κ2) is 8.41. The number of pyridine rings is 1. The molecule has 0 radical (unpaired) electrons. The number of carbonyl (C=O) groups excluding carboxylic acids is 1. The predicted octanol–water partition coefficient (Wildman–Crippen LogP) is 4.33. The molecule has 0 aliphatic heterocycles. The lowest BCUT2D eigenvalue weighted by atomic mass is 9.93. The number of halogens is 3. The van der Waals surface area contributed by atoms with Crippen LogP contribution in [-0.4, -0.2) is 23.0 Å². The number of fused-ring (bicyclic) bond motifs is 1. The van der Waals surface area contributed by atoms with Crippen molar-refractivity contribution in [2.75, 3.05) is 0 Å². The number of hydrogen-bond donors (Lipinski definition) is 1. The molecule has 3 aromatic rings. The Hall–Kier alpha value is -3.36. The summed E-state index contributed by atoms with van der Waals surface area (Å²) in [6.45, 7) is 0. The van der Waals surface area contributed by atoms with Crippen molar-refractivity contribution in [1.82, 2.24) is 10.3 Å². The maximum Gasteiger partial charge on any atom is 0.417 e. The summed E-state index contributed by atoms with van der Waals surface area (Å²) in [6.07, 6.45) is -1.44. The summed E-state index contributed by atoms with van der Waals surface area (Å²) in [5.41, 5.74) is -0.763. The molecule has 1 aliphatic carbocycles. The molecule has 0 atom stereocenters. The van der Waals surface area contributed by atoms with Crippen molar-refractivity contribution in [3.8, 4) is 5.88 Å². The molecule has 0 saturated heterocycles. The van der Waals surface area contributed by atoms with Gasteiger partial charge in [0.2, 0.25) is 5.88 Å². The van der Waals surface area contributed by atoms with Crippen LogP contribution in [0.4, 0.5) is 13.2 Å². The molecule has 1 N–H and O–H groups in total. The van der Waals surface area contributed by atoms with Crippen molar-refractivity contribution in [3.05, 3.63) is 70.2 Å². The molecule has 1 fully saturated rings. The van der Waals surface area contributed by atoms with Crippen LogP contribution in [0.25, 0.3) is 11.0 Å². The Balaban J connectivity index is 1.32. The Morgan fingerprint density at radius 3 is 2.52 bits per heavy atom. The third-order valence-corrected chi connectivity index (χ3v) is 5.22. The minimum absolute atomic E-state index is 0.0453. The number of ether oxygens (including phenoxy) is 1. The Bertz CT molecular complexity index is 1130. The van der Waals surface area contributed by atoms with E-state index >= 15 is 0 Å². The molecule has 0 bridgehead atoms. The van der Waals surface area contributed by atoms with Gasteiger partial charge in [0.25, 0.3) is 5.91 Å². The molecule has 6 nitrogen and oxygen atoms in total. The van der Waals surface area contributed by atoms with Crippen molar-refractivity contribution in [1.29, 1.82) is 0 Å². The molecule has 9 heteroatoms. The van der Waals surface area contributed by atoms with E-state index < -0.39 is 17.6 Å². The molecule has 0 unspecified atom stereocenters. The zero-order valence-electron chi connectivity index (χ0n) is 16.3. The molecule has 1 aromatic carbocycles. The molecule has 162 valence electrons. The van der Waals surface area contributed by atoms with Crippen LogP contribution in [-0.2, 0) is 6.18 Å². The monoisotopic (exact) mass is 432 g/mol. The average molecular weight is 432 g/mol. The van der Waals surface area contributed by atoms with Crippen LogP contribution in [0.15, 0.2) is 57.9 Å². The first kappa shape index (κ1) is 20.9. The van der Waals surface area contributed by atoms with Crippen molar-refractivity contribution < 1.29 is 27.1 Å². The van der Waals surface area contributed by atoms with Crippen molar-refractivity contribution in [3.63, 3.8) is 0 Å². The fourth-order valence-corrected chi connectivity index (χ4v) is 3.59. The standard InChI is InChI=1S/C22H19F3N2O4/c23-22(24,25)13-5-10-20(26-12-13)30-15-8-6-14(7-9-15)27-21(29)19-11-17(28)16-3-1-2-4-18(16)31-19/h1-5,10-12,14-15H,6-9H2,(H,27,29). The number of alkyl halides is 3. The number of amides is 1. The van der Waals surface area contributed by atoms with E-state index in [2.05, 4.69) is 10.3 Å². The highest BCUT2D eigenvalue weighted by molar-refractivity contribution is 5.93. The van der Waals surface area contributed by atoms with Crippen LogP contribution in [0.5, 0.6) is 5.88 Å². The molecule has 4 rings (SSSR count). The summed E-state index contributed by atoms with van der Waals surface area (Å²) < 4.78 is 49.1. The molecular formula is C22H19F3N2O4. The second-order valence-corrected chi connectivity index (χ2v) is 7.42. The van der Waals surface area contributed by atoms with Gasteiger partial charge in [0.05, 0.1) is 10.9 Å². The molecule has 0 spiro atoms. The number of carbonyl (C=O) groups is 1. The van der Waals surface area contributed by atoms with Crippen LogP contribution in [0.1, 0.15) is 41.8 Å². The number of nitrogens with one attached hydrogen (secondary N) is 1. The Labute approximate surface area is 175 Å². The molecular weight excluding hydrogens is 413 g/mol. The van der Waals surface area contributed by atoms with E-state index in [4.69, 9.17) is 9.15 Å². The maximum atomic E-state index is 12.6. The van der Waals surface area contributed by atoms with Gasteiger partial charge in [0.15, 0.2) is 11.2 Å². The van der Waals surface area contributed by atoms with Gasteiger partial charge in [-0.1, -0.05) is 12.1 Å². The van der Waals surface area contributed by atoms with Gasteiger partial charge in [-0.3, -0.25) is 9.59 Å². The number of para-hydroxylation sites is 1. The molecule has 31 heavy (non-hydrogen) atoms. The SMILES string of the molecule is O=C(NC1CCC(Oc2ccc(C(F)(F)F)cn2)CC1)c1cc(=O)c2ccccc2o1. The van der Waals surface area contributed by atoms with E-state index in [1.165, 1.54) is 12.1 Å². The van der Waals surface area contributed by atoms with Gasteiger partial charge in [0, 0.05) is 24.4 Å². The van der Waals surface area contributed by atoms with Gasteiger partial charge >= 0.3 is 6.18 Å². The van der Waals surface area contributed by atoms with E-state index in [0.29, 0.717) is 36.7 Å². The summed E-state index contributed by atoms with van der Waals surface area (Å²) in [5.74, 6) is -0.369. The fraction of sp³-hybridized carbons (Fsp3) is 0.318. The topological polar surface area (TPSA) is 81.4 Å². The number of benzene rings is 1. The van der Waals surface area contributed by atoms with Gasteiger partial charge < -0.3 is 14.5 Å². The first-order valence-electron chi connectivity index (χ1n) is 9.83. The lowest BCUT2D eigenvalue weighted by molar-refractivity contribution is -0.137. The molecule has 2 heterocycles. The van der Waals surface area contributed by atoms with Crippen molar-refractivity contribution in [2.24, 2.45) is 0 Å². The van der Waals surface area contributed by atoms with Crippen LogP contribution >= 0.6 is 0 Å². The van der Waals surface area contributed by atoms with Crippen LogP contribution in [0.2, 0.25) is 0 Å². The van der Waals surface area contributed by atoms with E-state index in [-0.39, 0.29) is 29.2 Å². The Morgan fingerprint density at radius 2 is 1.84 bits per heavy atom. The number of rotatable bonds is 4. The number of hydrogen-bond acceptors (Lipinski definition) is 5. The highest BCUT2D eigenvalue weighted by Gasteiger charge is 2.31. The van der Waals surface area contributed by atoms with Gasteiger partial charge in [-0.2, -0.15) is 13.2 Å². The normalized spacial score (nSPS) is 19.2. The van der Waals surface area contributed by atoms with Crippen LogP contribution in [0, 0.1) is 0 Å². The summed E-state index contributed by atoms with van der Waals surface area (Å²) >= 11 is 0. The molecule has 1 saturated carbocycles. The summed E-state index contributed by atoms with van der Waals surface area (Å²) in [5, 5.41) is 3.28. The fourth-order valence-electron chi connectivity index (χ4n) is 3.59. The smallest absolute Gasteiger partial charge is 0.417 e. The van der Waals surface area contributed by atoms with E-state index in [0.717, 1.165) is 12.3 Å². The highest BCUT2D eigenvalue weighted by atomic mass is 19.4. The van der Waals surface area contributed by atoms with Crippen LogP contribution in [0.3, 0.4) is 0 Å². The predicted molar refractivity (Wildman–Crippen MR) is 106 cm³/mol. The van der Waals surface area contributed by atoms with E-state index in [1.54, 1.807) is 24.3 Å². The van der Waals surface area contributed by atoms with Crippen molar-refractivity contribution >= 4 is 16.9 Å². The first-order chi connectivity index (χ1) is 14.8. The highest BCUT2D eigenvalue weighted by Crippen LogP contribution is 2.30. The number of nitrogens with zero attached hydrogens (tertiary/aromatic N) is 1. The van der Waals surface area contributed by atoms with Gasteiger partial charge in [-0.25, -0.2) is 4.98 Å². The summed E-state index contributed by atoms with van der Waals surface area (Å²) in [4.78, 5) is 28.4. The lowest BCUT2D eigenvalue weighted by Gasteiger charge is -2.29. The minimum atomic E-state index is -4.44. The Morgan fingerprint density at radius 1 is 1.10 bits per heavy atom. The zero-order valence-corrected chi connectivity index (χ0v) is 16.3. The van der Waals surface area contributed by atoms with Gasteiger partial charge in [0.1, 0.15) is 11.7 Å². The summed E-state index contributed by atoms with van der Waals surface area (Å²) in [7, 11) is 0. The van der Waals surface area contributed by atoms with Crippen LogP contribution < -0.4 is 15.5 Å². The third kappa shape index (κ3) is 4.87. The largest absolute Gasteiger partial charge is 0.474 e.